The van der Waals surface area contributed by atoms with Gasteiger partial charge in [0.25, 0.3) is 0 Å². The summed E-state index contributed by atoms with van der Waals surface area (Å²) in [4.78, 5) is 0. The fraction of sp³-hybridized carbons (Fsp3) is 0.273. The minimum atomic E-state index is 0.306. The van der Waals surface area contributed by atoms with Gasteiger partial charge >= 0.3 is 0 Å². The summed E-state index contributed by atoms with van der Waals surface area (Å²) in [6, 6.07) is 6.52. The van der Waals surface area contributed by atoms with Crippen LogP contribution in [0.15, 0.2) is 35.3 Å². The van der Waals surface area contributed by atoms with Crippen LogP contribution in [-0.2, 0) is 0 Å². The number of hydrogen-bond donors (Lipinski definition) is 1. The van der Waals surface area contributed by atoms with Crippen molar-refractivity contribution < 1.29 is 0 Å². The van der Waals surface area contributed by atoms with Crippen LogP contribution in [0.25, 0.3) is 0 Å². The summed E-state index contributed by atoms with van der Waals surface area (Å²) in [6.07, 6.45) is 1.89. The Morgan fingerprint density at radius 2 is 2.23 bits per heavy atom. The van der Waals surface area contributed by atoms with E-state index in [0.29, 0.717) is 6.04 Å². The van der Waals surface area contributed by atoms with Crippen LogP contribution in [0.3, 0.4) is 0 Å². The lowest BCUT2D eigenvalue weighted by molar-refractivity contribution is 1.00. The SMILES string of the molecule is C=CC(C)Nc1ccc(Br)c(C)c1. The molecule has 13 heavy (non-hydrogen) atoms. The smallest absolute Gasteiger partial charge is 0.0413 e. The van der Waals surface area contributed by atoms with E-state index in [0.717, 1.165) is 10.2 Å². The van der Waals surface area contributed by atoms with Crippen LogP contribution >= 0.6 is 15.9 Å². The lowest BCUT2D eigenvalue weighted by atomic mass is 10.2. The maximum Gasteiger partial charge on any atom is 0.0413 e. The number of hydrogen-bond acceptors (Lipinski definition) is 1. The van der Waals surface area contributed by atoms with E-state index in [-0.39, 0.29) is 0 Å². The molecule has 0 saturated heterocycles. The Labute approximate surface area is 88.0 Å². The molecule has 1 nitrogen and oxygen atoms in total. The molecule has 0 fully saturated rings. The maximum absolute atomic E-state index is 3.72. The highest BCUT2D eigenvalue weighted by Gasteiger charge is 1.98. The third-order valence-electron chi connectivity index (χ3n) is 1.91. The van der Waals surface area contributed by atoms with Gasteiger partial charge in [-0.05, 0) is 37.6 Å². The Morgan fingerprint density at radius 1 is 1.54 bits per heavy atom. The Balaban J connectivity index is 2.79. The largest absolute Gasteiger partial charge is 0.379 e. The molecule has 0 aliphatic rings. The van der Waals surface area contributed by atoms with Gasteiger partial charge in [0.15, 0.2) is 0 Å². The normalized spacial score (nSPS) is 12.2. The molecule has 1 atom stereocenters. The van der Waals surface area contributed by atoms with Crippen LogP contribution in [0.2, 0.25) is 0 Å². The standard InChI is InChI=1S/C11H14BrN/c1-4-9(3)13-10-5-6-11(12)8(2)7-10/h4-7,9,13H,1H2,2-3H3. The highest BCUT2D eigenvalue weighted by molar-refractivity contribution is 9.10. The van der Waals surface area contributed by atoms with Gasteiger partial charge in [0.05, 0.1) is 0 Å². The van der Waals surface area contributed by atoms with E-state index in [1.165, 1.54) is 5.56 Å². The summed E-state index contributed by atoms with van der Waals surface area (Å²) in [5.41, 5.74) is 2.37. The highest BCUT2D eigenvalue weighted by atomic mass is 79.9. The van der Waals surface area contributed by atoms with Crippen LogP contribution in [0.1, 0.15) is 12.5 Å². The van der Waals surface area contributed by atoms with Crippen LogP contribution in [0.5, 0.6) is 0 Å². The second-order valence-corrected chi connectivity index (χ2v) is 3.99. The Hall–Kier alpha value is -0.760. The zero-order valence-corrected chi connectivity index (χ0v) is 9.56. The van der Waals surface area contributed by atoms with Crippen molar-refractivity contribution in [2.24, 2.45) is 0 Å². The first-order valence-electron chi connectivity index (χ1n) is 4.28. The molecule has 0 aromatic heterocycles. The average Bonchev–Trinajstić information content (AvgIpc) is 2.11. The van der Waals surface area contributed by atoms with Crippen LogP contribution in [0.4, 0.5) is 5.69 Å². The lowest BCUT2D eigenvalue weighted by Gasteiger charge is -2.11. The molecular weight excluding hydrogens is 226 g/mol. The van der Waals surface area contributed by atoms with Crippen molar-refractivity contribution >= 4 is 21.6 Å². The molecular formula is C11H14BrN. The molecule has 1 rings (SSSR count). The molecule has 0 heterocycles. The van der Waals surface area contributed by atoms with E-state index in [1.807, 2.05) is 12.1 Å². The van der Waals surface area contributed by atoms with Gasteiger partial charge in [-0.15, -0.1) is 6.58 Å². The number of rotatable bonds is 3. The summed E-state index contributed by atoms with van der Waals surface area (Å²) >= 11 is 3.46. The van der Waals surface area contributed by atoms with Crippen molar-refractivity contribution in [1.29, 1.82) is 0 Å². The number of aryl methyl sites for hydroxylation is 1. The summed E-state index contributed by atoms with van der Waals surface area (Å²) in [6.45, 7) is 7.88. The van der Waals surface area contributed by atoms with Crippen LogP contribution in [0, 0.1) is 6.92 Å². The minimum Gasteiger partial charge on any atom is -0.379 e. The van der Waals surface area contributed by atoms with Gasteiger partial charge in [-0.1, -0.05) is 22.0 Å². The fourth-order valence-electron chi connectivity index (χ4n) is 1.06. The number of nitrogens with one attached hydrogen (secondary N) is 1. The second-order valence-electron chi connectivity index (χ2n) is 3.13. The van der Waals surface area contributed by atoms with Crippen molar-refractivity contribution in [3.63, 3.8) is 0 Å². The van der Waals surface area contributed by atoms with Gasteiger partial charge in [0.2, 0.25) is 0 Å². The van der Waals surface area contributed by atoms with Crippen molar-refractivity contribution in [3.05, 3.63) is 40.9 Å². The molecule has 1 N–H and O–H groups in total. The lowest BCUT2D eigenvalue weighted by Crippen LogP contribution is -2.11. The van der Waals surface area contributed by atoms with Crippen LogP contribution < -0.4 is 5.32 Å². The van der Waals surface area contributed by atoms with E-state index in [9.17, 15) is 0 Å². The Morgan fingerprint density at radius 3 is 2.77 bits per heavy atom. The van der Waals surface area contributed by atoms with Gasteiger partial charge in [-0.25, -0.2) is 0 Å². The third kappa shape index (κ3) is 2.88. The fourth-order valence-corrected chi connectivity index (χ4v) is 1.30. The first-order valence-corrected chi connectivity index (χ1v) is 5.08. The van der Waals surface area contributed by atoms with E-state index in [1.54, 1.807) is 0 Å². The zero-order valence-electron chi connectivity index (χ0n) is 7.97. The molecule has 0 aliphatic carbocycles. The van der Waals surface area contributed by atoms with Crippen LogP contribution in [-0.4, -0.2) is 6.04 Å². The van der Waals surface area contributed by atoms with Crippen molar-refractivity contribution in [1.82, 2.24) is 0 Å². The monoisotopic (exact) mass is 239 g/mol. The Bertz CT molecular complexity index is 307. The number of anilines is 1. The van der Waals surface area contributed by atoms with Gasteiger partial charge in [-0.3, -0.25) is 0 Å². The van der Waals surface area contributed by atoms with Gasteiger partial charge in [0.1, 0.15) is 0 Å². The molecule has 70 valence electrons. The topological polar surface area (TPSA) is 12.0 Å². The summed E-state index contributed by atoms with van der Waals surface area (Å²) < 4.78 is 1.14. The molecule has 0 bridgehead atoms. The van der Waals surface area contributed by atoms with E-state index >= 15 is 0 Å². The maximum atomic E-state index is 3.72. The van der Waals surface area contributed by atoms with Gasteiger partial charge in [0, 0.05) is 16.2 Å². The van der Waals surface area contributed by atoms with Crippen molar-refractivity contribution in [3.8, 4) is 0 Å². The number of halogens is 1. The highest BCUT2D eigenvalue weighted by Crippen LogP contribution is 2.20. The van der Waals surface area contributed by atoms with E-state index in [4.69, 9.17) is 0 Å². The second kappa shape index (κ2) is 4.47. The van der Waals surface area contributed by atoms with Crippen molar-refractivity contribution in [2.45, 2.75) is 19.9 Å². The first-order chi connectivity index (χ1) is 6.13. The molecule has 0 amide bonds. The predicted molar refractivity (Wildman–Crippen MR) is 62.2 cm³/mol. The molecule has 1 aromatic carbocycles. The molecule has 0 saturated carbocycles. The molecule has 0 spiro atoms. The summed E-state index contributed by atoms with van der Waals surface area (Å²) in [7, 11) is 0. The Kier molecular flexibility index (Phi) is 3.55. The van der Waals surface area contributed by atoms with E-state index in [2.05, 4.69) is 53.8 Å². The number of benzene rings is 1. The summed E-state index contributed by atoms with van der Waals surface area (Å²) in [5, 5.41) is 3.32. The predicted octanol–water partition coefficient (Wildman–Crippen LogP) is 3.74. The molecule has 1 unspecified atom stereocenters. The first kappa shape index (κ1) is 10.3. The molecule has 2 heteroatoms. The van der Waals surface area contributed by atoms with Gasteiger partial charge < -0.3 is 5.32 Å². The quantitative estimate of drug-likeness (QED) is 0.793. The molecule has 0 aliphatic heterocycles. The average molecular weight is 240 g/mol. The van der Waals surface area contributed by atoms with Crippen molar-refractivity contribution in [2.75, 3.05) is 5.32 Å². The minimum absolute atomic E-state index is 0.306. The van der Waals surface area contributed by atoms with E-state index < -0.39 is 0 Å². The zero-order chi connectivity index (χ0) is 9.84. The molecule has 0 radical (unpaired) electrons. The molecule has 1 aromatic rings. The van der Waals surface area contributed by atoms with Gasteiger partial charge in [-0.2, -0.15) is 0 Å². The summed E-state index contributed by atoms with van der Waals surface area (Å²) in [5.74, 6) is 0. The third-order valence-corrected chi connectivity index (χ3v) is 2.80.